The van der Waals surface area contributed by atoms with Gasteiger partial charge in [0, 0.05) is 18.6 Å². The van der Waals surface area contributed by atoms with Crippen molar-refractivity contribution in [1.29, 1.82) is 10.5 Å². The van der Waals surface area contributed by atoms with Crippen molar-refractivity contribution in [2.24, 2.45) is 5.92 Å². The molecule has 6 nitrogen and oxygen atoms in total. The fourth-order valence-electron chi connectivity index (χ4n) is 1.44. The molecule has 0 amide bonds. The number of esters is 1. The van der Waals surface area contributed by atoms with Crippen molar-refractivity contribution in [1.82, 2.24) is 9.97 Å². The molecule has 0 bridgehead atoms. The number of hydrogen-bond donors (Lipinski definition) is 0. The fourth-order valence-corrected chi connectivity index (χ4v) is 1.44. The minimum Gasteiger partial charge on any atom is -0.468 e. The van der Waals surface area contributed by atoms with Crippen LogP contribution in [0.4, 0.5) is 0 Å². The van der Waals surface area contributed by atoms with E-state index in [4.69, 9.17) is 10.5 Å². The van der Waals surface area contributed by atoms with E-state index in [0.29, 0.717) is 0 Å². The summed E-state index contributed by atoms with van der Waals surface area (Å²) in [6.07, 6.45) is 4.18. The van der Waals surface area contributed by atoms with Gasteiger partial charge in [-0.15, -0.1) is 0 Å². The van der Waals surface area contributed by atoms with Crippen LogP contribution in [-0.4, -0.2) is 23.0 Å². The smallest absolute Gasteiger partial charge is 0.320 e. The molecule has 0 N–H and O–H groups in total. The Kier molecular flexibility index (Phi) is 3.74. The predicted octanol–water partition coefficient (Wildman–Crippen LogP) is 0.571. The van der Waals surface area contributed by atoms with Gasteiger partial charge >= 0.3 is 5.97 Å². The molecule has 1 aromatic heterocycles. The molecule has 1 aromatic rings. The number of methoxy groups -OCH3 is 1. The topological polar surface area (TPSA) is 99.7 Å². The summed E-state index contributed by atoms with van der Waals surface area (Å²) in [4.78, 5) is 19.6. The lowest BCUT2D eigenvalue weighted by atomic mass is 9.76. The largest absolute Gasteiger partial charge is 0.468 e. The normalized spacial score (nSPS) is 13.2. The van der Waals surface area contributed by atoms with E-state index in [-0.39, 0.29) is 5.69 Å². The molecule has 0 fully saturated rings. The highest BCUT2D eigenvalue weighted by Crippen LogP contribution is 2.31. The van der Waals surface area contributed by atoms with E-state index in [2.05, 4.69) is 14.7 Å². The zero-order valence-corrected chi connectivity index (χ0v) is 9.41. The second kappa shape index (κ2) is 5.04. The average molecular weight is 230 g/mol. The van der Waals surface area contributed by atoms with Crippen LogP contribution in [0.1, 0.15) is 12.6 Å². The van der Waals surface area contributed by atoms with E-state index in [1.165, 1.54) is 32.6 Å². The minimum atomic E-state index is -1.44. The van der Waals surface area contributed by atoms with Gasteiger partial charge in [-0.2, -0.15) is 10.5 Å². The Balaban J connectivity index is 3.37. The van der Waals surface area contributed by atoms with Crippen molar-refractivity contribution in [2.75, 3.05) is 7.11 Å². The molecule has 86 valence electrons. The van der Waals surface area contributed by atoms with Gasteiger partial charge < -0.3 is 4.74 Å². The van der Waals surface area contributed by atoms with Crippen LogP contribution in [0.5, 0.6) is 0 Å². The van der Waals surface area contributed by atoms with Crippen LogP contribution in [0, 0.1) is 28.6 Å². The molecular weight excluding hydrogens is 220 g/mol. The van der Waals surface area contributed by atoms with E-state index in [0.717, 1.165) is 0 Å². The summed E-state index contributed by atoms with van der Waals surface area (Å²) in [7, 11) is 1.20. The summed E-state index contributed by atoms with van der Waals surface area (Å²) in [5.41, 5.74) is -1.20. The minimum absolute atomic E-state index is 0.236. The molecule has 0 aliphatic carbocycles. The van der Waals surface area contributed by atoms with Gasteiger partial charge in [0.05, 0.1) is 24.9 Å². The molecule has 0 radical (unpaired) electrons. The van der Waals surface area contributed by atoms with Crippen molar-refractivity contribution < 1.29 is 9.53 Å². The Morgan fingerprint density at radius 3 is 2.53 bits per heavy atom. The van der Waals surface area contributed by atoms with Gasteiger partial charge in [-0.25, -0.2) is 0 Å². The maximum atomic E-state index is 11.8. The number of nitriles is 2. The second-order valence-electron chi connectivity index (χ2n) is 3.48. The lowest BCUT2D eigenvalue weighted by Crippen LogP contribution is -2.41. The van der Waals surface area contributed by atoms with Gasteiger partial charge in [-0.05, 0) is 6.92 Å². The highest BCUT2D eigenvalue weighted by molar-refractivity contribution is 5.83. The van der Waals surface area contributed by atoms with E-state index in [1.807, 2.05) is 0 Å². The maximum absolute atomic E-state index is 11.8. The third kappa shape index (κ3) is 2.06. The summed E-state index contributed by atoms with van der Waals surface area (Å²) in [6, 6.07) is 3.55. The number of nitrogens with zero attached hydrogens (tertiary/aromatic N) is 4. The molecule has 1 rings (SSSR count). The summed E-state index contributed by atoms with van der Waals surface area (Å²) >= 11 is 0. The van der Waals surface area contributed by atoms with Crippen LogP contribution in [-0.2, 0) is 14.9 Å². The molecule has 1 unspecified atom stereocenters. The fraction of sp³-hybridized carbons (Fsp3) is 0.364. The molecule has 1 heterocycles. The molecule has 1 atom stereocenters. The summed E-state index contributed by atoms with van der Waals surface area (Å²) in [5.74, 6) is -1.88. The van der Waals surface area contributed by atoms with Gasteiger partial charge in [0.15, 0.2) is 5.92 Å². The Labute approximate surface area is 98.5 Å². The van der Waals surface area contributed by atoms with Crippen LogP contribution in [0.15, 0.2) is 18.6 Å². The summed E-state index contributed by atoms with van der Waals surface area (Å²) in [5, 5.41) is 17.9. The average Bonchev–Trinajstić information content (AvgIpc) is 2.39. The number of ether oxygens (including phenoxy) is 1. The van der Waals surface area contributed by atoms with E-state index in [9.17, 15) is 4.79 Å². The number of carbonyl (C=O) groups is 1. The Morgan fingerprint density at radius 1 is 1.47 bits per heavy atom. The van der Waals surface area contributed by atoms with E-state index < -0.39 is 17.3 Å². The molecule has 0 aliphatic heterocycles. The zero-order chi connectivity index (χ0) is 12.9. The molecule has 0 spiro atoms. The summed E-state index contributed by atoms with van der Waals surface area (Å²) < 4.78 is 4.65. The van der Waals surface area contributed by atoms with Crippen LogP contribution in [0.3, 0.4) is 0 Å². The van der Waals surface area contributed by atoms with Crippen molar-refractivity contribution in [3.63, 3.8) is 0 Å². The van der Waals surface area contributed by atoms with Crippen LogP contribution < -0.4 is 0 Å². The third-order valence-corrected chi connectivity index (χ3v) is 2.54. The Bertz CT molecular complexity index is 474. The van der Waals surface area contributed by atoms with E-state index >= 15 is 0 Å². The second-order valence-corrected chi connectivity index (χ2v) is 3.48. The lowest BCUT2D eigenvalue weighted by Gasteiger charge is -2.25. The molecule has 17 heavy (non-hydrogen) atoms. The molecule has 0 saturated carbocycles. The zero-order valence-electron chi connectivity index (χ0n) is 9.41. The standard InChI is InChI=1S/C11H10N4O2/c1-11(10(16)17-2,8(5-12)6-13)9-7-14-3-4-15-9/h3-4,7-8H,1-2H3. The maximum Gasteiger partial charge on any atom is 0.320 e. The summed E-state index contributed by atoms with van der Waals surface area (Å²) in [6.45, 7) is 1.44. The molecule has 0 aromatic carbocycles. The van der Waals surface area contributed by atoms with Gasteiger partial charge in [0.1, 0.15) is 5.41 Å². The highest BCUT2D eigenvalue weighted by atomic mass is 16.5. The highest BCUT2D eigenvalue weighted by Gasteiger charge is 2.46. The van der Waals surface area contributed by atoms with Gasteiger partial charge in [0.2, 0.25) is 0 Å². The monoisotopic (exact) mass is 230 g/mol. The van der Waals surface area contributed by atoms with E-state index in [1.54, 1.807) is 12.1 Å². The molecule has 6 heteroatoms. The first-order valence-corrected chi connectivity index (χ1v) is 4.75. The quantitative estimate of drug-likeness (QED) is 0.704. The van der Waals surface area contributed by atoms with Crippen molar-refractivity contribution >= 4 is 5.97 Å². The number of hydrogen-bond acceptors (Lipinski definition) is 6. The Morgan fingerprint density at radius 2 is 2.12 bits per heavy atom. The first kappa shape index (κ1) is 12.6. The molecule has 0 aliphatic rings. The number of rotatable bonds is 3. The first-order chi connectivity index (χ1) is 8.11. The van der Waals surface area contributed by atoms with Crippen LogP contribution in [0.25, 0.3) is 0 Å². The number of carbonyl (C=O) groups excluding carboxylic acids is 1. The van der Waals surface area contributed by atoms with Gasteiger partial charge in [-0.3, -0.25) is 14.8 Å². The first-order valence-electron chi connectivity index (χ1n) is 4.75. The number of aromatic nitrogens is 2. The van der Waals surface area contributed by atoms with Crippen molar-refractivity contribution in [3.05, 3.63) is 24.3 Å². The SMILES string of the molecule is COC(=O)C(C)(c1cnccn1)C(C#N)C#N. The Hall–Kier alpha value is -2.47. The predicted molar refractivity (Wildman–Crippen MR) is 56.1 cm³/mol. The van der Waals surface area contributed by atoms with Gasteiger partial charge in [0.25, 0.3) is 0 Å². The molecular formula is C11H10N4O2. The molecule has 0 saturated heterocycles. The van der Waals surface area contributed by atoms with Crippen molar-refractivity contribution in [3.8, 4) is 12.1 Å². The van der Waals surface area contributed by atoms with Gasteiger partial charge in [-0.1, -0.05) is 0 Å². The third-order valence-electron chi connectivity index (χ3n) is 2.54. The van der Waals surface area contributed by atoms with Crippen LogP contribution >= 0.6 is 0 Å². The van der Waals surface area contributed by atoms with Crippen LogP contribution in [0.2, 0.25) is 0 Å². The lowest BCUT2D eigenvalue weighted by molar-refractivity contribution is -0.147. The van der Waals surface area contributed by atoms with Crippen molar-refractivity contribution in [2.45, 2.75) is 12.3 Å².